The third-order valence-corrected chi connectivity index (χ3v) is 4.75. The Morgan fingerprint density at radius 2 is 1.96 bits per heavy atom. The molecule has 0 fully saturated rings. The highest BCUT2D eigenvalue weighted by Gasteiger charge is 2.27. The van der Waals surface area contributed by atoms with E-state index in [4.69, 9.17) is 23.8 Å². The van der Waals surface area contributed by atoms with Crippen molar-refractivity contribution < 1.29 is 5.11 Å². The first-order chi connectivity index (χ1) is 10.9. The van der Waals surface area contributed by atoms with Crippen LogP contribution in [-0.4, -0.2) is 20.0 Å². The van der Waals surface area contributed by atoms with Gasteiger partial charge in [0.05, 0.1) is 11.8 Å². The largest absolute Gasteiger partial charge is 0.494 e. The first kappa shape index (κ1) is 15.8. The van der Waals surface area contributed by atoms with Crippen LogP contribution in [0.2, 0.25) is 5.02 Å². The predicted molar refractivity (Wildman–Crippen MR) is 91.6 cm³/mol. The van der Waals surface area contributed by atoms with Crippen LogP contribution in [-0.2, 0) is 14.1 Å². The maximum absolute atomic E-state index is 12.4. The summed E-state index contributed by atoms with van der Waals surface area (Å²) in [6.07, 6.45) is 0.487. The molecule has 1 aliphatic heterocycles. The maximum atomic E-state index is 12.4. The van der Waals surface area contributed by atoms with Crippen LogP contribution in [0.3, 0.4) is 0 Å². The predicted octanol–water partition coefficient (Wildman–Crippen LogP) is 2.25. The molecule has 23 heavy (non-hydrogen) atoms. The normalized spacial score (nSPS) is 17.0. The summed E-state index contributed by atoms with van der Waals surface area (Å²) in [7, 11) is 3.19. The third-order valence-electron chi connectivity index (χ3n) is 3.95. The molecule has 1 aliphatic rings. The number of benzene rings is 1. The van der Waals surface area contributed by atoms with Crippen LogP contribution in [0.15, 0.2) is 34.2 Å². The molecule has 2 heterocycles. The Bertz CT molecular complexity index is 915. The van der Waals surface area contributed by atoms with Crippen molar-refractivity contribution in [3.05, 3.63) is 55.5 Å². The molecule has 2 aromatic rings. The van der Waals surface area contributed by atoms with Gasteiger partial charge >= 0.3 is 0 Å². The van der Waals surface area contributed by atoms with E-state index in [1.54, 1.807) is 26.2 Å². The Kier molecular flexibility index (Phi) is 3.99. The van der Waals surface area contributed by atoms with E-state index in [1.165, 1.54) is 9.13 Å². The van der Waals surface area contributed by atoms with E-state index in [2.05, 4.69) is 10.5 Å². The van der Waals surface area contributed by atoms with Crippen molar-refractivity contribution in [2.24, 2.45) is 19.2 Å². The fourth-order valence-electron chi connectivity index (χ4n) is 2.57. The molecule has 8 heteroatoms. The number of hydrogen-bond donors (Lipinski definition) is 2. The van der Waals surface area contributed by atoms with Crippen molar-refractivity contribution in [3.63, 3.8) is 0 Å². The third kappa shape index (κ3) is 2.66. The summed E-state index contributed by atoms with van der Waals surface area (Å²) in [5.41, 5.74) is 4.33. The van der Waals surface area contributed by atoms with E-state index in [0.29, 0.717) is 17.2 Å². The zero-order chi connectivity index (χ0) is 16.7. The smallest absolute Gasteiger partial charge is 0.267 e. The fraction of sp³-hybridized carbons (Fsp3) is 0.267. The average molecular weight is 351 g/mol. The van der Waals surface area contributed by atoms with Crippen LogP contribution in [0.1, 0.15) is 23.6 Å². The van der Waals surface area contributed by atoms with Gasteiger partial charge < -0.3 is 10.5 Å². The zero-order valence-corrected chi connectivity index (χ0v) is 14.1. The van der Waals surface area contributed by atoms with Gasteiger partial charge in [-0.05, 0) is 29.9 Å². The lowest BCUT2D eigenvalue weighted by Crippen LogP contribution is -2.28. The van der Waals surface area contributed by atoms with Crippen LogP contribution < -0.4 is 11.0 Å². The summed E-state index contributed by atoms with van der Waals surface area (Å²) >= 11 is 11.0. The molecular formula is C15H15ClN4O2S. The molecule has 0 amide bonds. The quantitative estimate of drug-likeness (QED) is 0.815. The Hall–Kier alpha value is -2.12. The lowest BCUT2D eigenvalue weighted by Gasteiger charge is -2.12. The summed E-state index contributed by atoms with van der Waals surface area (Å²) in [5, 5.41) is 15.2. The second-order valence-corrected chi connectivity index (χ2v) is 6.20. The lowest BCUT2D eigenvalue weighted by atomic mass is 10.00. The van der Waals surface area contributed by atoms with Crippen LogP contribution >= 0.6 is 23.8 Å². The van der Waals surface area contributed by atoms with E-state index >= 15 is 0 Å². The SMILES string of the molecule is Cn1c(O)c(C2=NN[C@@H](c3ccc(Cl)cc3)C2)c(=O)n(C)c1=S. The highest BCUT2D eigenvalue weighted by molar-refractivity contribution is 7.71. The number of hydrogen-bond acceptors (Lipinski definition) is 5. The zero-order valence-electron chi connectivity index (χ0n) is 12.6. The highest BCUT2D eigenvalue weighted by Crippen LogP contribution is 2.27. The average Bonchev–Trinajstić information content (AvgIpc) is 3.01. The molecular weight excluding hydrogens is 336 g/mol. The highest BCUT2D eigenvalue weighted by atomic mass is 35.5. The van der Waals surface area contributed by atoms with Crippen molar-refractivity contribution in [1.29, 1.82) is 0 Å². The minimum atomic E-state index is -0.358. The van der Waals surface area contributed by atoms with E-state index < -0.39 is 0 Å². The number of hydrazone groups is 1. The van der Waals surface area contributed by atoms with Gasteiger partial charge in [0.25, 0.3) is 5.56 Å². The lowest BCUT2D eigenvalue weighted by molar-refractivity contribution is 0.414. The molecule has 3 rings (SSSR count). The summed E-state index contributed by atoms with van der Waals surface area (Å²) in [4.78, 5) is 12.4. The number of nitrogens with one attached hydrogen (secondary N) is 1. The second kappa shape index (κ2) is 5.82. The van der Waals surface area contributed by atoms with Crippen LogP contribution in [0.25, 0.3) is 0 Å². The molecule has 0 saturated carbocycles. The van der Waals surface area contributed by atoms with Crippen LogP contribution in [0, 0.1) is 4.77 Å². The van der Waals surface area contributed by atoms with Gasteiger partial charge in [0.2, 0.25) is 5.88 Å². The Morgan fingerprint density at radius 3 is 2.61 bits per heavy atom. The van der Waals surface area contributed by atoms with Gasteiger partial charge in [0, 0.05) is 25.5 Å². The van der Waals surface area contributed by atoms with Gasteiger partial charge in [-0.25, -0.2) is 0 Å². The number of nitrogens with zero attached hydrogens (tertiary/aromatic N) is 3. The van der Waals surface area contributed by atoms with Crippen molar-refractivity contribution in [2.45, 2.75) is 12.5 Å². The molecule has 6 nitrogen and oxygen atoms in total. The molecule has 120 valence electrons. The van der Waals surface area contributed by atoms with Gasteiger partial charge in [-0.3, -0.25) is 13.9 Å². The Balaban J connectivity index is 1.98. The van der Waals surface area contributed by atoms with E-state index in [0.717, 1.165) is 5.56 Å². The van der Waals surface area contributed by atoms with E-state index in [1.807, 2.05) is 12.1 Å². The Labute approximate surface area is 142 Å². The summed E-state index contributed by atoms with van der Waals surface area (Å²) in [5.74, 6) is -0.171. The van der Waals surface area contributed by atoms with Crippen molar-refractivity contribution >= 4 is 29.5 Å². The van der Waals surface area contributed by atoms with E-state index in [-0.39, 0.29) is 27.8 Å². The summed E-state index contributed by atoms with van der Waals surface area (Å²) in [6, 6.07) is 7.35. The summed E-state index contributed by atoms with van der Waals surface area (Å²) < 4.78 is 2.96. The fourth-order valence-corrected chi connectivity index (χ4v) is 2.87. The molecule has 2 N–H and O–H groups in total. The minimum absolute atomic E-state index is 0.0696. The van der Waals surface area contributed by atoms with E-state index in [9.17, 15) is 9.90 Å². The van der Waals surface area contributed by atoms with Gasteiger partial charge in [-0.15, -0.1) is 0 Å². The van der Waals surface area contributed by atoms with Crippen molar-refractivity contribution in [2.75, 3.05) is 0 Å². The second-order valence-electron chi connectivity index (χ2n) is 5.40. The standard InChI is InChI=1S/C15H15ClN4O2S/c1-19-13(21)12(14(22)20(2)15(19)23)11-7-10(17-18-11)8-3-5-9(16)6-4-8/h3-6,10,17,21H,7H2,1-2H3/t10-/m1/s1. The molecule has 0 spiro atoms. The van der Waals surface area contributed by atoms with Crippen molar-refractivity contribution in [3.8, 4) is 5.88 Å². The van der Waals surface area contributed by atoms with Crippen LogP contribution in [0.4, 0.5) is 0 Å². The van der Waals surface area contributed by atoms with Crippen LogP contribution in [0.5, 0.6) is 5.88 Å². The number of halogens is 1. The molecule has 0 unspecified atom stereocenters. The first-order valence-corrected chi connectivity index (χ1v) is 7.75. The molecule has 0 radical (unpaired) electrons. The monoisotopic (exact) mass is 350 g/mol. The number of rotatable bonds is 2. The minimum Gasteiger partial charge on any atom is -0.494 e. The number of aromatic nitrogens is 2. The summed E-state index contributed by atoms with van der Waals surface area (Å²) in [6.45, 7) is 0. The van der Waals surface area contributed by atoms with Gasteiger partial charge in [0.15, 0.2) is 4.77 Å². The van der Waals surface area contributed by atoms with Gasteiger partial charge in [-0.1, -0.05) is 23.7 Å². The van der Waals surface area contributed by atoms with Gasteiger partial charge in [-0.2, -0.15) is 5.10 Å². The molecule has 1 aromatic carbocycles. The topological polar surface area (TPSA) is 71.6 Å². The Morgan fingerprint density at radius 1 is 1.30 bits per heavy atom. The van der Waals surface area contributed by atoms with Gasteiger partial charge in [0.1, 0.15) is 5.56 Å². The van der Waals surface area contributed by atoms with Crippen molar-refractivity contribution in [1.82, 2.24) is 14.6 Å². The molecule has 0 bridgehead atoms. The number of aromatic hydroxyl groups is 1. The maximum Gasteiger partial charge on any atom is 0.267 e. The molecule has 1 atom stereocenters. The molecule has 0 saturated heterocycles. The molecule has 1 aromatic heterocycles. The molecule has 0 aliphatic carbocycles. The first-order valence-electron chi connectivity index (χ1n) is 6.97.